The molecule has 5 nitrogen and oxygen atoms in total. The normalized spacial score (nSPS) is 20.5. The number of rotatable bonds is 5. The van der Waals surface area contributed by atoms with Crippen LogP contribution in [0.5, 0.6) is 0 Å². The maximum Gasteiger partial charge on any atom is 0.513 e. The van der Waals surface area contributed by atoms with Crippen molar-refractivity contribution < 1.29 is 23.8 Å². The number of ether oxygens (including phenoxy) is 3. The largest absolute Gasteiger partial charge is 0.513 e. The summed E-state index contributed by atoms with van der Waals surface area (Å²) in [5.74, 6) is 0.850. The smallest absolute Gasteiger partial charge is 0.431 e. The van der Waals surface area contributed by atoms with E-state index in [1.807, 2.05) is 20.8 Å². The van der Waals surface area contributed by atoms with Crippen molar-refractivity contribution in [2.24, 2.45) is 11.8 Å². The monoisotopic (exact) mass is 400 g/mol. The Morgan fingerprint density at radius 1 is 1.14 bits per heavy atom. The number of ketones is 1. The van der Waals surface area contributed by atoms with Gasteiger partial charge >= 0.3 is 6.16 Å². The number of Topliss-reactive ketones (excluding diaryl/α,β-unsaturated/α-hetero) is 1. The van der Waals surface area contributed by atoms with Gasteiger partial charge in [-0.15, -0.1) is 0 Å². The summed E-state index contributed by atoms with van der Waals surface area (Å²) < 4.78 is 16.2. The van der Waals surface area contributed by atoms with E-state index >= 15 is 0 Å². The SMILES string of the molecule is Cc1cc(C)c(C2=C(OC(=O)OC(C)C)CC(CC3CCOCC3)C2=O)c(C)c1. The topological polar surface area (TPSA) is 61.8 Å². The van der Waals surface area contributed by atoms with Crippen LogP contribution in [0.2, 0.25) is 0 Å². The molecule has 3 rings (SSSR count). The maximum atomic E-state index is 13.5. The molecule has 0 spiro atoms. The fourth-order valence-corrected chi connectivity index (χ4v) is 4.58. The van der Waals surface area contributed by atoms with Crippen LogP contribution in [0.4, 0.5) is 4.79 Å². The van der Waals surface area contributed by atoms with E-state index in [4.69, 9.17) is 14.2 Å². The van der Waals surface area contributed by atoms with Crippen LogP contribution in [-0.2, 0) is 19.0 Å². The molecule has 0 bridgehead atoms. The first-order valence-corrected chi connectivity index (χ1v) is 10.6. The number of hydrogen-bond acceptors (Lipinski definition) is 5. The Morgan fingerprint density at radius 3 is 2.34 bits per heavy atom. The van der Waals surface area contributed by atoms with E-state index in [2.05, 4.69) is 12.1 Å². The fraction of sp³-hybridized carbons (Fsp3) is 0.583. The van der Waals surface area contributed by atoms with Gasteiger partial charge in [-0.1, -0.05) is 17.7 Å². The lowest BCUT2D eigenvalue weighted by Crippen LogP contribution is -2.21. The van der Waals surface area contributed by atoms with Gasteiger partial charge in [0.05, 0.1) is 11.7 Å². The molecule has 0 radical (unpaired) electrons. The van der Waals surface area contributed by atoms with Crippen LogP contribution in [0.25, 0.3) is 5.57 Å². The van der Waals surface area contributed by atoms with Crippen molar-refractivity contribution >= 4 is 17.5 Å². The van der Waals surface area contributed by atoms with Crippen LogP contribution < -0.4 is 0 Å². The summed E-state index contributed by atoms with van der Waals surface area (Å²) in [5.41, 5.74) is 4.64. The zero-order valence-corrected chi connectivity index (χ0v) is 18.2. The molecule has 1 atom stereocenters. The molecule has 158 valence electrons. The fourth-order valence-electron chi connectivity index (χ4n) is 4.58. The molecule has 0 saturated carbocycles. The average Bonchev–Trinajstić information content (AvgIpc) is 2.90. The van der Waals surface area contributed by atoms with Gasteiger partial charge in [-0.05, 0) is 76.5 Å². The lowest BCUT2D eigenvalue weighted by Gasteiger charge is -2.24. The van der Waals surface area contributed by atoms with Crippen molar-refractivity contribution in [2.45, 2.75) is 66.4 Å². The van der Waals surface area contributed by atoms with Crippen molar-refractivity contribution in [1.82, 2.24) is 0 Å². The zero-order valence-electron chi connectivity index (χ0n) is 18.2. The van der Waals surface area contributed by atoms with Gasteiger partial charge in [0, 0.05) is 25.6 Å². The third-order valence-electron chi connectivity index (χ3n) is 5.75. The van der Waals surface area contributed by atoms with Crippen LogP contribution in [0.1, 0.15) is 61.8 Å². The van der Waals surface area contributed by atoms with E-state index in [9.17, 15) is 9.59 Å². The molecule has 1 saturated heterocycles. The summed E-state index contributed by atoms with van der Waals surface area (Å²) in [7, 11) is 0. The Kier molecular flexibility index (Phi) is 6.78. The third-order valence-corrected chi connectivity index (χ3v) is 5.75. The van der Waals surface area contributed by atoms with E-state index in [-0.39, 0.29) is 17.8 Å². The molecular weight excluding hydrogens is 368 g/mol. The Balaban J connectivity index is 1.92. The van der Waals surface area contributed by atoms with Crippen molar-refractivity contribution in [2.75, 3.05) is 13.2 Å². The highest BCUT2D eigenvalue weighted by molar-refractivity contribution is 6.25. The molecule has 1 fully saturated rings. The summed E-state index contributed by atoms with van der Waals surface area (Å²) in [4.78, 5) is 25.7. The van der Waals surface area contributed by atoms with Gasteiger partial charge in [0.2, 0.25) is 0 Å². The minimum absolute atomic E-state index is 0.0823. The van der Waals surface area contributed by atoms with Crippen LogP contribution in [-0.4, -0.2) is 31.3 Å². The molecule has 1 unspecified atom stereocenters. The molecule has 0 N–H and O–H groups in total. The number of carbonyl (C=O) groups is 2. The van der Waals surface area contributed by atoms with E-state index in [1.54, 1.807) is 13.8 Å². The Morgan fingerprint density at radius 2 is 1.76 bits per heavy atom. The van der Waals surface area contributed by atoms with Crippen LogP contribution in [0.3, 0.4) is 0 Å². The Bertz CT molecular complexity index is 792. The third kappa shape index (κ3) is 5.08. The zero-order chi connectivity index (χ0) is 21.1. The molecule has 29 heavy (non-hydrogen) atoms. The summed E-state index contributed by atoms with van der Waals surface area (Å²) in [5, 5.41) is 0. The minimum Gasteiger partial charge on any atom is -0.431 e. The van der Waals surface area contributed by atoms with Gasteiger partial charge < -0.3 is 14.2 Å². The lowest BCUT2D eigenvalue weighted by atomic mass is 9.85. The standard InChI is InChI=1S/C24H32O5/c1-14(2)28-24(26)29-20-13-19(12-18-6-8-27-9-7-18)23(25)22(20)21-16(4)10-15(3)11-17(21)5/h10-11,14,18-19H,6-9,12-13H2,1-5H3. The van der Waals surface area contributed by atoms with Gasteiger partial charge in [0.15, 0.2) is 5.78 Å². The highest BCUT2D eigenvalue weighted by Gasteiger charge is 2.39. The quantitative estimate of drug-likeness (QED) is 0.629. The van der Waals surface area contributed by atoms with Gasteiger partial charge in [-0.2, -0.15) is 0 Å². The second-order valence-corrected chi connectivity index (χ2v) is 8.65. The molecule has 1 heterocycles. The Hall–Kier alpha value is -2.14. The molecule has 0 aromatic heterocycles. The summed E-state index contributed by atoms with van der Waals surface area (Å²) in [6.07, 6.45) is 2.20. The van der Waals surface area contributed by atoms with E-state index in [0.29, 0.717) is 23.7 Å². The number of carbonyl (C=O) groups excluding carboxylic acids is 2. The van der Waals surface area contributed by atoms with Crippen molar-refractivity contribution in [3.63, 3.8) is 0 Å². The van der Waals surface area contributed by atoms with Gasteiger partial charge in [-0.3, -0.25) is 4.79 Å². The summed E-state index contributed by atoms with van der Waals surface area (Å²) >= 11 is 0. The predicted molar refractivity (Wildman–Crippen MR) is 112 cm³/mol. The molecule has 0 amide bonds. The predicted octanol–water partition coefficient (Wildman–Crippen LogP) is 5.29. The number of hydrogen-bond donors (Lipinski definition) is 0. The van der Waals surface area contributed by atoms with E-state index in [1.165, 1.54) is 0 Å². The van der Waals surface area contributed by atoms with Gasteiger partial charge in [-0.25, -0.2) is 4.79 Å². The van der Waals surface area contributed by atoms with Crippen molar-refractivity contribution in [3.8, 4) is 0 Å². The Labute approximate surface area is 173 Å². The van der Waals surface area contributed by atoms with E-state index in [0.717, 1.165) is 54.7 Å². The summed E-state index contributed by atoms with van der Waals surface area (Å²) in [6, 6.07) is 4.14. The molecular formula is C24H32O5. The second kappa shape index (κ2) is 9.12. The molecule has 1 aliphatic heterocycles. The highest BCUT2D eigenvalue weighted by Crippen LogP contribution is 2.42. The first-order valence-electron chi connectivity index (χ1n) is 10.6. The maximum absolute atomic E-state index is 13.5. The van der Waals surface area contributed by atoms with Gasteiger partial charge in [0.25, 0.3) is 0 Å². The van der Waals surface area contributed by atoms with Crippen molar-refractivity contribution in [3.05, 3.63) is 40.1 Å². The van der Waals surface area contributed by atoms with Crippen LogP contribution >= 0.6 is 0 Å². The highest BCUT2D eigenvalue weighted by atomic mass is 16.7. The molecule has 2 aliphatic rings. The van der Waals surface area contributed by atoms with Gasteiger partial charge in [0.1, 0.15) is 5.76 Å². The molecule has 5 heteroatoms. The van der Waals surface area contributed by atoms with E-state index < -0.39 is 6.16 Å². The number of aryl methyl sites for hydroxylation is 3. The van der Waals surface area contributed by atoms with Crippen LogP contribution in [0.15, 0.2) is 17.9 Å². The second-order valence-electron chi connectivity index (χ2n) is 8.65. The molecule has 1 aromatic carbocycles. The minimum atomic E-state index is -0.741. The lowest BCUT2D eigenvalue weighted by molar-refractivity contribution is -0.117. The number of allylic oxidation sites excluding steroid dienone is 2. The first-order chi connectivity index (χ1) is 13.8. The average molecular weight is 401 g/mol. The van der Waals surface area contributed by atoms with Crippen molar-refractivity contribution in [1.29, 1.82) is 0 Å². The first kappa shape index (κ1) is 21.6. The molecule has 1 aliphatic carbocycles. The van der Waals surface area contributed by atoms with Crippen LogP contribution in [0, 0.1) is 32.6 Å². The summed E-state index contributed by atoms with van der Waals surface area (Å²) in [6.45, 7) is 11.1. The molecule has 1 aromatic rings. The number of benzene rings is 1.